The standard InChI is InChI=1S/C13H10FN3S/c14-9-4-8(5-15-6-9)10-7-17-11-2-1-3-12(11)18-13(17)16-10/h4-7H,1-3H2. The normalized spacial score (nSPS) is 14.3. The van der Waals surface area contributed by atoms with E-state index in [0.29, 0.717) is 0 Å². The zero-order chi connectivity index (χ0) is 12.1. The van der Waals surface area contributed by atoms with Crippen molar-refractivity contribution in [3.8, 4) is 11.3 Å². The van der Waals surface area contributed by atoms with Gasteiger partial charge in [-0.25, -0.2) is 9.37 Å². The van der Waals surface area contributed by atoms with Crippen molar-refractivity contribution in [2.45, 2.75) is 19.3 Å². The van der Waals surface area contributed by atoms with E-state index in [-0.39, 0.29) is 5.82 Å². The van der Waals surface area contributed by atoms with Gasteiger partial charge < -0.3 is 0 Å². The highest BCUT2D eigenvalue weighted by Gasteiger charge is 2.19. The number of fused-ring (bicyclic) bond motifs is 3. The molecule has 3 aromatic rings. The third kappa shape index (κ3) is 1.40. The summed E-state index contributed by atoms with van der Waals surface area (Å²) in [5.41, 5.74) is 2.90. The maximum absolute atomic E-state index is 13.2. The molecule has 0 spiro atoms. The molecule has 0 radical (unpaired) electrons. The molecule has 3 heterocycles. The first-order valence-corrected chi connectivity index (χ1v) is 6.73. The summed E-state index contributed by atoms with van der Waals surface area (Å²) < 4.78 is 15.3. The molecular formula is C13H10FN3S. The number of thiazole rings is 1. The minimum absolute atomic E-state index is 0.325. The number of halogens is 1. The van der Waals surface area contributed by atoms with Crippen LogP contribution in [0.5, 0.6) is 0 Å². The average Bonchev–Trinajstić information content (AvgIpc) is 2.99. The van der Waals surface area contributed by atoms with Crippen LogP contribution in [-0.2, 0) is 12.8 Å². The number of nitrogens with zero attached hydrogens (tertiary/aromatic N) is 3. The second-order valence-electron chi connectivity index (χ2n) is 4.50. The van der Waals surface area contributed by atoms with Gasteiger partial charge in [-0.1, -0.05) is 0 Å². The third-order valence-corrected chi connectivity index (χ3v) is 4.48. The van der Waals surface area contributed by atoms with E-state index in [0.717, 1.165) is 22.6 Å². The van der Waals surface area contributed by atoms with Crippen molar-refractivity contribution in [2.24, 2.45) is 0 Å². The molecule has 0 saturated heterocycles. The van der Waals surface area contributed by atoms with Gasteiger partial charge in [-0.15, -0.1) is 11.3 Å². The molecule has 0 bridgehead atoms. The molecule has 0 amide bonds. The predicted octanol–water partition coefficient (Wildman–Crippen LogP) is 3.09. The highest BCUT2D eigenvalue weighted by atomic mass is 32.1. The van der Waals surface area contributed by atoms with Crippen molar-refractivity contribution < 1.29 is 4.39 Å². The van der Waals surface area contributed by atoms with E-state index < -0.39 is 0 Å². The first kappa shape index (κ1) is 10.2. The fraction of sp³-hybridized carbons (Fsp3) is 0.231. The molecule has 0 aromatic carbocycles. The molecule has 5 heteroatoms. The van der Waals surface area contributed by atoms with Gasteiger partial charge in [0.25, 0.3) is 0 Å². The number of hydrogen-bond acceptors (Lipinski definition) is 3. The zero-order valence-electron chi connectivity index (χ0n) is 9.56. The molecule has 1 aliphatic carbocycles. The van der Waals surface area contributed by atoms with Crippen molar-refractivity contribution in [3.63, 3.8) is 0 Å². The Labute approximate surface area is 107 Å². The van der Waals surface area contributed by atoms with Gasteiger partial charge in [-0.3, -0.25) is 9.38 Å². The van der Waals surface area contributed by atoms with Crippen LogP contribution in [0.25, 0.3) is 16.2 Å². The molecule has 3 aromatic heterocycles. The third-order valence-electron chi connectivity index (χ3n) is 3.32. The van der Waals surface area contributed by atoms with Gasteiger partial charge in [0.1, 0.15) is 5.82 Å². The molecule has 18 heavy (non-hydrogen) atoms. The van der Waals surface area contributed by atoms with E-state index in [2.05, 4.69) is 14.4 Å². The monoisotopic (exact) mass is 259 g/mol. The number of hydrogen-bond donors (Lipinski definition) is 0. The van der Waals surface area contributed by atoms with Gasteiger partial charge in [0.2, 0.25) is 0 Å². The van der Waals surface area contributed by atoms with Crippen molar-refractivity contribution >= 4 is 16.3 Å². The average molecular weight is 259 g/mol. The topological polar surface area (TPSA) is 30.2 Å². The number of aryl methyl sites for hydroxylation is 2. The van der Waals surface area contributed by atoms with Gasteiger partial charge in [-0.2, -0.15) is 0 Å². The summed E-state index contributed by atoms with van der Waals surface area (Å²) in [4.78, 5) is 10.9. The van der Waals surface area contributed by atoms with Gasteiger partial charge in [0.15, 0.2) is 4.96 Å². The fourth-order valence-electron chi connectivity index (χ4n) is 2.49. The molecule has 0 saturated carbocycles. The van der Waals surface area contributed by atoms with E-state index in [4.69, 9.17) is 0 Å². The number of rotatable bonds is 1. The van der Waals surface area contributed by atoms with Gasteiger partial charge in [0.05, 0.1) is 11.9 Å². The first-order valence-electron chi connectivity index (χ1n) is 5.92. The largest absolute Gasteiger partial charge is 0.294 e. The smallest absolute Gasteiger partial charge is 0.194 e. The summed E-state index contributed by atoms with van der Waals surface area (Å²) in [5.74, 6) is -0.325. The molecule has 4 rings (SSSR count). The lowest BCUT2D eigenvalue weighted by molar-refractivity contribution is 0.622. The van der Waals surface area contributed by atoms with Gasteiger partial charge in [0, 0.05) is 28.5 Å². The Balaban J connectivity index is 1.89. The van der Waals surface area contributed by atoms with Crippen LogP contribution >= 0.6 is 11.3 Å². The molecule has 1 aliphatic rings. The Morgan fingerprint density at radius 2 is 2.22 bits per heavy atom. The van der Waals surface area contributed by atoms with Crippen LogP contribution in [0.2, 0.25) is 0 Å². The molecule has 90 valence electrons. The zero-order valence-corrected chi connectivity index (χ0v) is 10.4. The molecular weight excluding hydrogens is 249 g/mol. The Bertz CT molecular complexity index is 744. The van der Waals surface area contributed by atoms with Crippen LogP contribution in [0.4, 0.5) is 4.39 Å². The van der Waals surface area contributed by atoms with Crippen LogP contribution in [0, 0.1) is 5.82 Å². The van der Waals surface area contributed by atoms with Crippen LogP contribution in [0.3, 0.4) is 0 Å². The highest BCUT2D eigenvalue weighted by molar-refractivity contribution is 7.17. The second kappa shape index (κ2) is 3.62. The highest BCUT2D eigenvalue weighted by Crippen LogP contribution is 2.32. The summed E-state index contributed by atoms with van der Waals surface area (Å²) in [6.07, 6.45) is 8.36. The van der Waals surface area contributed by atoms with Crippen molar-refractivity contribution in [1.29, 1.82) is 0 Å². The number of aromatic nitrogens is 3. The predicted molar refractivity (Wildman–Crippen MR) is 68.3 cm³/mol. The number of pyridine rings is 1. The van der Waals surface area contributed by atoms with Gasteiger partial charge >= 0.3 is 0 Å². The Hall–Kier alpha value is -1.75. The molecule has 0 unspecified atom stereocenters. The Kier molecular flexibility index (Phi) is 2.05. The lowest BCUT2D eigenvalue weighted by atomic mass is 10.2. The van der Waals surface area contributed by atoms with Crippen LogP contribution < -0.4 is 0 Å². The molecule has 0 aliphatic heterocycles. The maximum Gasteiger partial charge on any atom is 0.194 e. The minimum atomic E-state index is -0.325. The van der Waals surface area contributed by atoms with Crippen molar-refractivity contribution in [1.82, 2.24) is 14.4 Å². The summed E-state index contributed by atoms with van der Waals surface area (Å²) in [5, 5.41) is 0. The Morgan fingerprint density at radius 1 is 1.28 bits per heavy atom. The summed E-state index contributed by atoms with van der Waals surface area (Å²) in [6, 6.07) is 1.47. The quantitative estimate of drug-likeness (QED) is 0.672. The molecule has 3 nitrogen and oxygen atoms in total. The molecule has 0 fully saturated rings. The van der Waals surface area contributed by atoms with E-state index in [1.807, 2.05) is 6.20 Å². The maximum atomic E-state index is 13.2. The second-order valence-corrected chi connectivity index (χ2v) is 5.56. The van der Waals surface area contributed by atoms with Crippen molar-refractivity contribution in [2.75, 3.05) is 0 Å². The van der Waals surface area contributed by atoms with Crippen molar-refractivity contribution in [3.05, 3.63) is 41.0 Å². The van der Waals surface area contributed by atoms with E-state index in [1.165, 1.54) is 35.7 Å². The number of imidazole rings is 1. The van der Waals surface area contributed by atoms with E-state index in [9.17, 15) is 4.39 Å². The van der Waals surface area contributed by atoms with Gasteiger partial charge in [-0.05, 0) is 25.3 Å². The SMILES string of the molecule is Fc1cncc(-c2cn3c4c(sc3n2)CCC4)c1. The summed E-state index contributed by atoms with van der Waals surface area (Å²) in [7, 11) is 0. The van der Waals surface area contributed by atoms with Crippen LogP contribution in [-0.4, -0.2) is 14.4 Å². The van der Waals surface area contributed by atoms with Crippen LogP contribution in [0.1, 0.15) is 17.0 Å². The fourth-order valence-corrected chi connectivity index (χ4v) is 3.68. The molecule has 0 N–H and O–H groups in total. The summed E-state index contributed by atoms with van der Waals surface area (Å²) in [6.45, 7) is 0. The van der Waals surface area contributed by atoms with E-state index in [1.54, 1.807) is 17.5 Å². The molecule has 0 atom stereocenters. The van der Waals surface area contributed by atoms with E-state index >= 15 is 0 Å². The lowest BCUT2D eigenvalue weighted by Gasteiger charge is -1.95. The van der Waals surface area contributed by atoms with Crippen LogP contribution in [0.15, 0.2) is 24.7 Å². The minimum Gasteiger partial charge on any atom is -0.294 e. The summed E-state index contributed by atoms with van der Waals surface area (Å²) >= 11 is 1.74. The first-order chi connectivity index (χ1) is 8.81. The Morgan fingerprint density at radius 3 is 3.11 bits per heavy atom. The lowest BCUT2D eigenvalue weighted by Crippen LogP contribution is -1.85.